The SMILES string of the molecule is O=Cc1cc(N=Nc2ccc(Cl)cc2)c2cccnc2c1O.O=Cc1cc(N=Nc2ccc(Cl)cc2)c2cccnc2c1O.[Co]. The number of carbonyl (C=O) groups excluding carboxylic acids is 2. The second-order valence-electron chi connectivity index (χ2n) is 9.05. The van der Waals surface area contributed by atoms with Crippen molar-refractivity contribution in [3.05, 3.63) is 118 Å². The number of phenols is 2. The zero-order chi connectivity index (χ0) is 31.1. The van der Waals surface area contributed by atoms with E-state index in [0.29, 0.717) is 67.2 Å². The van der Waals surface area contributed by atoms with E-state index in [9.17, 15) is 19.8 Å². The van der Waals surface area contributed by atoms with Crippen molar-refractivity contribution in [1.29, 1.82) is 0 Å². The van der Waals surface area contributed by atoms with E-state index in [1.807, 2.05) is 0 Å². The van der Waals surface area contributed by atoms with Gasteiger partial charge in [-0.05, 0) is 84.9 Å². The quantitative estimate of drug-likeness (QED) is 0.132. The fourth-order valence-corrected chi connectivity index (χ4v) is 4.30. The Morgan fingerprint density at radius 3 is 1.31 bits per heavy atom. The van der Waals surface area contributed by atoms with E-state index in [4.69, 9.17) is 23.2 Å². The fraction of sp³-hybridized carbons (Fsp3) is 0. The van der Waals surface area contributed by atoms with Gasteiger partial charge in [0.15, 0.2) is 24.1 Å². The number of aromatic hydroxyl groups is 2. The predicted octanol–water partition coefficient (Wildman–Crippen LogP) is 9.64. The first-order valence-electron chi connectivity index (χ1n) is 12.8. The van der Waals surface area contributed by atoms with E-state index in [-0.39, 0.29) is 39.4 Å². The molecule has 0 saturated carbocycles. The minimum absolute atomic E-state index is 0. The van der Waals surface area contributed by atoms with Crippen molar-refractivity contribution < 1.29 is 36.6 Å². The molecule has 225 valence electrons. The summed E-state index contributed by atoms with van der Waals surface area (Å²) in [7, 11) is 0. The van der Waals surface area contributed by atoms with Gasteiger partial charge in [-0.1, -0.05) is 23.2 Å². The maximum atomic E-state index is 11.1. The smallest absolute Gasteiger partial charge is 0.153 e. The molecule has 2 heterocycles. The number of phenolic OH excluding ortho intramolecular Hbond substituents is 2. The number of nitrogens with zero attached hydrogens (tertiary/aromatic N) is 6. The Kier molecular flexibility index (Phi) is 11.0. The van der Waals surface area contributed by atoms with Gasteiger partial charge in [0.1, 0.15) is 11.0 Å². The van der Waals surface area contributed by atoms with Crippen LogP contribution in [0.4, 0.5) is 22.7 Å². The first kappa shape index (κ1) is 32.8. The average molecular weight is 682 g/mol. The Hall–Kier alpha value is -5.07. The summed E-state index contributed by atoms with van der Waals surface area (Å²) in [4.78, 5) is 30.3. The van der Waals surface area contributed by atoms with Crippen LogP contribution in [-0.4, -0.2) is 32.8 Å². The number of aromatic nitrogens is 2. The van der Waals surface area contributed by atoms with Crippen molar-refractivity contribution in [1.82, 2.24) is 9.97 Å². The molecule has 0 fully saturated rings. The van der Waals surface area contributed by atoms with Gasteiger partial charge in [0.25, 0.3) is 0 Å². The summed E-state index contributed by atoms with van der Waals surface area (Å²) in [6.07, 6.45) is 4.20. The number of rotatable bonds is 6. The van der Waals surface area contributed by atoms with E-state index in [0.717, 1.165) is 0 Å². The molecule has 1 radical (unpaired) electrons. The van der Waals surface area contributed by atoms with Gasteiger partial charge < -0.3 is 10.2 Å². The van der Waals surface area contributed by atoms with Gasteiger partial charge in [0.2, 0.25) is 0 Å². The molecule has 13 heteroatoms. The number of hydrogen-bond donors (Lipinski definition) is 2. The second-order valence-corrected chi connectivity index (χ2v) is 9.93. The van der Waals surface area contributed by atoms with Crippen LogP contribution in [0.2, 0.25) is 10.0 Å². The molecule has 0 atom stereocenters. The second kappa shape index (κ2) is 15.1. The predicted molar refractivity (Wildman–Crippen MR) is 169 cm³/mol. The standard InChI is InChI=1S/2C16H10ClN3O2.Co/c2*17-11-3-5-12(6-4-11)19-20-14-8-10(9-21)16(22)15-13(14)2-1-7-18-15;/h2*1-9,22H;. The van der Waals surface area contributed by atoms with Crippen molar-refractivity contribution in [3.63, 3.8) is 0 Å². The molecule has 10 nitrogen and oxygen atoms in total. The Morgan fingerprint density at radius 2 is 0.956 bits per heavy atom. The Balaban J connectivity index is 0.000000200. The molecule has 4 aromatic carbocycles. The molecule has 0 aliphatic heterocycles. The molecule has 0 bridgehead atoms. The van der Waals surface area contributed by atoms with E-state index in [2.05, 4.69) is 30.4 Å². The third kappa shape index (κ3) is 7.72. The molecule has 6 rings (SSSR count). The van der Waals surface area contributed by atoms with Gasteiger partial charge >= 0.3 is 0 Å². The van der Waals surface area contributed by atoms with Crippen LogP contribution in [0.3, 0.4) is 0 Å². The van der Waals surface area contributed by atoms with Gasteiger partial charge in [-0.15, -0.1) is 10.2 Å². The minimum Gasteiger partial charge on any atom is -0.505 e. The molecule has 2 N–H and O–H groups in total. The van der Waals surface area contributed by atoms with Gasteiger partial charge in [0, 0.05) is 50.0 Å². The number of carbonyl (C=O) groups is 2. The molecule has 0 aliphatic rings. The van der Waals surface area contributed by atoms with Gasteiger partial charge in [-0.3, -0.25) is 19.6 Å². The summed E-state index contributed by atoms with van der Waals surface area (Å²) in [5.41, 5.74) is 3.04. The number of aldehydes is 2. The molecule has 0 amide bonds. The van der Waals surface area contributed by atoms with E-state index < -0.39 is 0 Å². The summed E-state index contributed by atoms with van der Waals surface area (Å²) in [5, 5.41) is 39.0. The Bertz CT molecular complexity index is 1910. The van der Waals surface area contributed by atoms with E-state index >= 15 is 0 Å². The topological polar surface area (TPSA) is 150 Å². The zero-order valence-corrected chi connectivity index (χ0v) is 25.4. The number of pyridine rings is 2. The first-order valence-corrected chi connectivity index (χ1v) is 13.6. The molecular formula is C32H20Cl2CoN6O4. The Labute approximate surface area is 276 Å². The van der Waals surface area contributed by atoms with Crippen LogP contribution in [-0.2, 0) is 16.8 Å². The van der Waals surface area contributed by atoms with Crippen LogP contribution in [0.5, 0.6) is 11.5 Å². The number of halogens is 2. The molecule has 6 aromatic rings. The van der Waals surface area contributed by atoms with Crippen molar-refractivity contribution in [2.45, 2.75) is 0 Å². The summed E-state index contributed by atoms with van der Waals surface area (Å²) in [6.45, 7) is 0. The average Bonchev–Trinajstić information content (AvgIpc) is 3.06. The van der Waals surface area contributed by atoms with Crippen molar-refractivity contribution in [3.8, 4) is 11.5 Å². The molecular weight excluding hydrogens is 662 g/mol. The van der Waals surface area contributed by atoms with Crippen molar-refractivity contribution >= 4 is 80.3 Å². The number of hydrogen-bond acceptors (Lipinski definition) is 10. The summed E-state index contributed by atoms with van der Waals surface area (Å²) < 4.78 is 0. The minimum atomic E-state index is -0.156. The summed E-state index contributed by atoms with van der Waals surface area (Å²) in [6, 6.07) is 23.7. The molecule has 2 aromatic heterocycles. The van der Waals surface area contributed by atoms with Crippen LogP contribution in [0.15, 0.2) is 118 Å². The summed E-state index contributed by atoms with van der Waals surface area (Å²) >= 11 is 11.6. The van der Waals surface area contributed by atoms with Crippen LogP contribution in [0.25, 0.3) is 21.8 Å². The van der Waals surface area contributed by atoms with Gasteiger partial charge in [-0.2, -0.15) is 10.2 Å². The molecule has 0 saturated heterocycles. The molecule has 45 heavy (non-hydrogen) atoms. The summed E-state index contributed by atoms with van der Waals surface area (Å²) in [5.74, 6) is -0.313. The largest absolute Gasteiger partial charge is 0.505 e. The van der Waals surface area contributed by atoms with E-state index in [1.165, 1.54) is 24.5 Å². The third-order valence-corrected chi connectivity index (χ3v) is 6.70. The normalized spacial score (nSPS) is 10.9. The molecule has 0 spiro atoms. The first-order chi connectivity index (χ1) is 21.4. The number of azo groups is 2. The van der Waals surface area contributed by atoms with Crippen LogP contribution >= 0.6 is 23.2 Å². The van der Waals surface area contributed by atoms with Crippen molar-refractivity contribution in [2.75, 3.05) is 0 Å². The number of fused-ring (bicyclic) bond motifs is 2. The third-order valence-electron chi connectivity index (χ3n) is 6.20. The number of benzene rings is 4. The maximum absolute atomic E-state index is 11.1. The van der Waals surface area contributed by atoms with Gasteiger partial charge in [-0.25, -0.2) is 0 Å². The van der Waals surface area contributed by atoms with Crippen LogP contribution < -0.4 is 0 Å². The molecule has 0 unspecified atom stereocenters. The maximum Gasteiger partial charge on any atom is 0.153 e. The van der Waals surface area contributed by atoms with E-state index in [1.54, 1.807) is 72.8 Å². The van der Waals surface area contributed by atoms with Crippen LogP contribution in [0.1, 0.15) is 20.7 Å². The zero-order valence-electron chi connectivity index (χ0n) is 22.9. The van der Waals surface area contributed by atoms with Gasteiger partial charge in [0.05, 0.1) is 33.9 Å². The van der Waals surface area contributed by atoms with Crippen molar-refractivity contribution in [2.24, 2.45) is 20.5 Å². The van der Waals surface area contributed by atoms with Crippen LogP contribution in [0, 0.1) is 0 Å². The monoisotopic (exact) mass is 681 g/mol. The Morgan fingerprint density at radius 1 is 0.578 bits per heavy atom. The molecule has 0 aliphatic carbocycles. The fourth-order valence-electron chi connectivity index (χ4n) is 4.05.